The van der Waals surface area contributed by atoms with Crippen LogP contribution in [0.4, 0.5) is 0 Å². The Balaban J connectivity index is 0.834. The molecule has 8 rings (SSSR count). The first-order valence-corrected chi connectivity index (χ1v) is 16.0. The molecule has 10 heteroatoms. The highest BCUT2D eigenvalue weighted by Crippen LogP contribution is 2.41. The summed E-state index contributed by atoms with van der Waals surface area (Å²) in [5, 5.41) is 6.69. The van der Waals surface area contributed by atoms with Crippen molar-refractivity contribution in [2.75, 3.05) is 59.5 Å². The molecule has 0 fully saturated rings. The Bertz CT molecular complexity index is 1990. The Morgan fingerprint density at radius 1 is 0.674 bits per heavy atom. The molecule has 4 aliphatic rings. The SMILES string of the molecule is CN(CCCNCCN1C(=O)c2cccc3c4c(cc(c23)C1=O)OCC4)CCN1C(=O)c2cccc3c4c(cc(c23)C1=O)OCC4. The third-order valence-electron chi connectivity index (χ3n) is 9.70. The van der Waals surface area contributed by atoms with Crippen LogP contribution in [-0.4, -0.2) is 97.9 Å². The van der Waals surface area contributed by atoms with Crippen molar-refractivity contribution in [3.05, 3.63) is 81.9 Å². The van der Waals surface area contributed by atoms with Crippen molar-refractivity contribution in [2.45, 2.75) is 19.3 Å². The molecule has 4 amide bonds. The summed E-state index contributed by atoms with van der Waals surface area (Å²) >= 11 is 0. The zero-order valence-corrected chi connectivity index (χ0v) is 25.7. The molecular formula is C36H34N4O6. The van der Waals surface area contributed by atoms with E-state index in [-0.39, 0.29) is 36.7 Å². The first-order chi connectivity index (χ1) is 22.4. The summed E-state index contributed by atoms with van der Waals surface area (Å²) in [4.78, 5) is 58.3. The second kappa shape index (κ2) is 11.2. The summed E-state index contributed by atoms with van der Waals surface area (Å²) in [5.74, 6) is 0.390. The van der Waals surface area contributed by atoms with Gasteiger partial charge >= 0.3 is 0 Å². The first-order valence-electron chi connectivity index (χ1n) is 16.0. The minimum absolute atomic E-state index is 0.255. The van der Waals surface area contributed by atoms with Gasteiger partial charge in [0, 0.05) is 72.0 Å². The van der Waals surface area contributed by atoms with Crippen molar-refractivity contribution in [2.24, 2.45) is 0 Å². The van der Waals surface area contributed by atoms with Gasteiger partial charge in [-0.2, -0.15) is 0 Å². The highest BCUT2D eigenvalue weighted by molar-refractivity contribution is 6.27. The molecule has 0 radical (unpaired) electrons. The minimum atomic E-state index is -0.286. The first kappa shape index (κ1) is 28.7. The van der Waals surface area contributed by atoms with E-state index in [0.717, 1.165) is 70.0 Å². The molecule has 0 bridgehead atoms. The lowest BCUT2D eigenvalue weighted by molar-refractivity contribution is 0.0589. The van der Waals surface area contributed by atoms with Crippen LogP contribution in [-0.2, 0) is 12.8 Å². The predicted molar refractivity (Wildman–Crippen MR) is 172 cm³/mol. The largest absolute Gasteiger partial charge is 0.493 e. The van der Waals surface area contributed by atoms with Gasteiger partial charge in [-0.05, 0) is 61.6 Å². The molecule has 0 spiro atoms. The van der Waals surface area contributed by atoms with Crippen LogP contribution in [0.3, 0.4) is 0 Å². The summed E-state index contributed by atoms with van der Waals surface area (Å²) in [5.41, 5.74) is 4.31. The molecule has 4 aliphatic heterocycles. The van der Waals surface area contributed by atoms with Gasteiger partial charge in [0.05, 0.1) is 24.3 Å². The smallest absolute Gasteiger partial charge is 0.261 e. The molecule has 1 N–H and O–H groups in total. The standard InChI is InChI=1S/C36H34N4O6/c1-38(15-16-40-34(42)26-8-3-6-24-22-10-18-46-30(22)20-28(32(24)26)36(40)44)13-4-11-37-12-14-39-33(41)25-7-2-5-23-21-9-17-45-29(21)19-27(31(23)25)35(39)43/h2-3,5-8,19-20,37H,4,9-18H2,1H3. The van der Waals surface area contributed by atoms with Crippen molar-refractivity contribution in [3.63, 3.8) is 0 Å². The number of likely N-dealkylation sites (N-methyl/N-ethyl adjacent to an activating group) is 1. The van der Waals surface area contributed by atoms with E-state index in [4.69, 9.17) is 9.47 Å². The number of benzene rings is 4. The second-order valence-corrected chi connectivity index (χ2v) is 12.4. The topological polar surface area (TPSA) is 108 Å². The lowest BCUT2D eigenvalue weighted by Gasteiger charge is -2.29. The molecule has 46 heavy (non-hydrogen) atoms. The monoisotopic (exact) mass is 618 g/mol. The van der Waals surface area contributed by atoms with Gasteiger partial charge in [-0.1, -0.05) is 24.3 Å². The summed E-state index contributed by atoms with van der Waals surface area (Å²) < 4.78 is 11.5. The number of nitrogens with zero attached hydrogens (tertiary/aromatic N) is 3. The number of amides is 4. The number of ether oxygens (including phenoxy) is 2. The maximum Gasteiger partial charge on any atom is 0.261 e. The maximum absolute atomic E-state index is 13.5. The van der Waals surface area contributed by atoms with Crippen LogP contribution in [0.1, 0.15) is 59.0 Å². The third kappa shape index (κ3) is 4.46. The average molecular weight is 619 g/mol. The zero-order chi connectivity index (χ0) is 31.5. The molecule has 10 nitrogen and oxygen atoms in total. The Kier molecular flexibility index (Phi) is 6.99. The van der Waals surface area contributed by atoms with Crippen molar-refractivity contribution in [1.29, 1.82) is 0 Å². The van der Waals surface area contributed by atoms with E-state index in [1.165, 1.54) is 9.80 Å². The Morgan fingerprint density at radius 2 is 1.20 bits per heavy atom. The Labute approximate surface area is 265 Å². The number of rotatable bonds is 10. The van der Waals surface area contributed by atoms with E-state index in [0.29, 0.717) is 55.1 Å². The number of nitrogens with one attached hydrogen (secondary N) is 1. The van der Waals surface area contributed by atoms with Crippen molar-refractivity contribution in [1.82, 2.24) is 20.0 Å². The molecule has 234 valence electrons. The van der Waals surface area contributed by atoms with Gasteiger partial charge in [-0.3, -0.25) is 29.0 Å². The summed E-state index contributed by atoms with van der Waals surface area (Å²) in [7, 11) is 1.97. The fraction of sp³-hybridized carbons (Fsp3) is 0.333. The molecule has 0 aromatic heterocycles. The molecular weight excluding hydrogens is 584 g/mol. The highest BCUT2D eigenvalue weighted by Gasteiger charge is 2.36. The van der Waals surface area contributed by atoms with Crippen LogP contribution in [0.25, 0.3) is 21.5 Å². The van der Waals surface area contributed by atoms with E-state index in [1.807, 2.05) is 31.3 Å². The normalized spacial score (nSPS) is 16.5. The van der Waals surface area contributed by atoms with Gasteiger partial charge in [0.25, 0.3) is 23.6 Å². The predicted octanol–water partition coefficient (Wildman–Crippen LogP) is 3.67. The van der Waals surface area contributed by atoms with Crippen LogP contribution in [0, 0.1) is 0 Å². The number of fused-ring (bicyclic) bond motifs is 4. The molecule has 0 atom stereocenters. The maximum atomic E-state index is 13.5. The van der Waals surface area contributed by atoms with Gasteiger partial charge in [0.15, 0.2) is 0 Å². The van der Waals surface area contributed by atoms with Gasteiger partial charge in [-0.15, -0.1) is 0 Å². The highest BCUT2D eigenvalue weighted by atomic mass is 16.5. The summed E-state index contributed by atoms with van der Waals surface area (Å²) in [6.07, 6.45) is 2.37. The van der Waals surface area contributed by atoms with Crippen molar-refractivity contribution in [3.8, 4) is 11.5 Å². The summed E-state index contributed by atoms with van der Waals surface area (Å²) in [6, 6.07) is 14.9. The van der Waals surface area contributed by atoms with Crippen LogP contribution in [0.5, 0.6) is 11.5 Å². The number of carbonyl (C=O) groups excluding carboxylic acids is 4. The number of hydrogen-bond acceptors (Lipinski definition) is 8. The number of imide groups is 2. The fourth-order valence-corrected chi connectivity index (χ4v) is 7.37. The molecule has 0 unspecified atom stereocenters. The third-order valence-corrected chi connectivity index (χ3v) is 9.70. The van der Waals surface area contributed by atoms with E-state index >= 15 is 0 Å². The lowest BCUT2D eigenvalue weighted by Crippen LogP contribution is -2.44. The fourth-order valence-electron chi connectivity index (χ4n) is 7.37. The molecule has 0 saturated heterocycles. The van der Waals surface area contributed by atoms with Crippen LogP contribution in [0.15, 0.2) is 48.5 Å². The Morgan fingerprint density at radius 3 is 1.76 bits per heavy atom. The minimum Gasteiger partial charge on any atom is -0.493 e. The second-order valence-electron chi connectivity index (χ2n) is 12.4. The van der Waals surface area contributed by atoms with Crippen LogP contribution < -0.4 is 14.8 Å². The van der Waals surface area contributed by atoms with Crippen molar-refractivity contribution >= 4 is 45.2 Å². The number of carbonyl (C=O) groups is 4. The lowest BCUT2D eigenvalue weighted by atomic mass is 9.90. The number of hydrogen-bond donors (Lipinski definition) is 1. The average Bonchev–Trinajstić information content (AvgIpc) is 3.75. The molecule has 4 aromatic rings. The van der Waals surface area contributed by atoms with E-state index in [9.17, 15) is 19.2 Å². The van der Waals surface area contributed by atoms with E-state index in [2.05, 4.69) is 10.2 Å². The molecule has 4 heterocycles. The zero-order valence-electron chi connectivity index (χ0n) is 25.7. The molecule has 0 saturated carbocycles. The van der Waals surface area contributed by atoms with E-state index in [1.54, 1.807) is 24.3 Å². The van der Waals surface area contributed by atoms with Crippen LogP contribution >= 0.6 is 0 Å². The van der Waals surface area contributed by atoms with Gasteiger partial charge in [-0.25, -0.2) is 0 Å². The van der Waals surface area contributed by atoms with E-state index < -0.39 is 0 Å². The van der Waals surface area contributed by atoms with Crippen molar-refractivity contribution < 1.29 is 28.7 Å². The van der Waals surface area contributed by atoms with Gasteiger partial charge in [0.1, 0.15) is 11.5 Å². The molecule has 4 aromatic carbocycles. The van der Waals surface area contributed by atoms with Gasteiger partial charge < -0.3 is 19.7 Å². The summed E-state index contributed by atoms with van der Waals surface area (Å²) in [6.45, 7) is 4.18. The Hall–Kier alpha value is -4.80. The van der Waals surface area contributed by atoms with Crippen LogP contribution in [0.2, 0.25) is 0 Å². The van der Waals surface area contributed by atoms with Gasteiger partial charge in [0.2, 0.25) is 0 Å². The quantitative estimate of drug-likeness (QED) is 0.212. The molecule has 0 aliphatic carbocycles.